The first-order valence-electron chi connectivity index (χ1n) is 6.25. The van der Waals surface area contributed by atoms with Crippen LogP contribution in [0, 0.1) is 6.92 Å². The molecule has 0 amide bonds. The van der Waals surface area contributed by atoms with Gasteiger partial charge in [-0.05, 0) is 6.92 Å². The summed E-state index contributed by atoms with van der Waals surface area (Å²) in [5.41, 5.74) is -0.430. The normalized spacial score (nSPS) is 23.5. The molecule has 2 heterocycles. The Bertz CT molecular complexity index is 689. The van der Waals surface area contributed by atoms with Gasteiger partial charge in [-0.25, -0.2) is 9.59 Å². The maximum atomic E-state index is 11.8. The zero-order chi connectivity index (χ0) is 15.6. The number of aryl methyl sites for hydroxylation is 1. The number of oxime groups is 1. The lowest BCUT2D eigenvalue weighted by Crippen LogP contribution is -2.33. The number of carbonyl (C=O) groups is 1. The van der Waals surface area contributed by atoms with Crippen molar-refractivity contribution in [2.24, 2.45) is 5.16 Å². The molecule has 0 aromatic carbocycles. The largest absolute Gasteiger partial charge is 0.393 e. The number of H-pyrrole nitrogens is 1. The number of hydrogen-bond donors (Lipinski definition) is 2. The summed E-state index contributed by atoms with van der Waals surface area (Å²) in [5.74, 6) is -0.598. The summed E-state index contributed by atoms with van der Waals surface area (Å²) >= 11 is 0. The smallest absolute Gasteiger partial charge is 0.331 e. The van der Waals surface area contributed by atoms with Gasteiger partial charge in [0.25, 0.3) is 5.56 Å². The Balaban J connectivity index is 2.29. The van der Waals surface area contributed by atoms with Crippen molar-refractivity contribution in [3.63, 3.8) is 0 Å². The lowest BCUT2D eigenvalue weighted by atomic mass is 10.2. The number of aliphatic hydroxyl groups is 1. The number of aromatic amines is 1. The van der Waals surface area contributed by atoms with Crippen LogP contribution in [0.5, 0.6) is 0 Å². The Labute approximate surface area is 118 Å². The molecular weight excluding hydrogens is 282 g/mol. The predicted molar refractivity (Wildman–Crippen MR) is 70.9 cm³/mol. The molecule has 1 aliphatic rings. The highest BCUT2D eigenvalue weighted by molar-refractivity contribution is 5.90. The van der Waals surface area contributed by atoms with Crippen molar-refractivity contribution in [2.45, 2.75) is 32.6 Å². The molecule has 0 aliphatic carbocycles. The van der Waals surface area contributed by atoms with E-state index >= 15 is 0 Å². The van der Waals surface area contributed by atoms with Crippen molar-refractivity contribution in [1.82, 2.24) is 9.55 Å². The first-order chi connectivity index (χ1) is 9.92. The van der Waals surface area contributed by atoms with E-state index in [1.807, 2.05) is 0 Å². The maximum Gasteiger partial charge on any atom is 0.331 e. The average Bonchev–Trinajstić information content (AvgIpc) is 2.83. The zero-order valence-corrected chi connectivity index (χ0v) is 11.5. The molecule has 0 unspecified atom stereocenters. The molecule has 2 atom stereocenters. The second kappa shape index (κ2) is 6.02. The van der Waals surface area contributed by atoms with Gasteiger partial charge >= 0.3 is 11.7 Å². The van der Waals surface area contributed by atoms with Crippen LogP contribution >= 0.6 is 0 Å². The van der Waals surface area contributed by atoms with Crippen LogP contribution in [0.3, 0.4) is 0 Å². The van der Waals surface area contributed by atoms with Crippen molar-refractivity contribution >= 4 is 11.7 Å². The van der Waals surface area contributed by atoms with Crippen LogP contribution in [-0.4, -0.2) is 39.0 Å². The first kappa shape index (κ1) is 15.1. The van der Waals surface area contributed by atoms with E-state index in [0.29, 0.717) is 11.3 Å². The molecule has 1 aliphatic heterocycles. The maximum absolute atomic E-state index is 11.8. The monoisotopic (exact) mass is 297 g/mol. The fourth-order valence-corrected chi connectivity index (χ4v) is 1.96. The molecule has 9 heteroatoms. The van der Waals surface area contributed by atoms with Gasteiger partial charge in [-0.2, -0.15) is 0 Å². The molecule has 0 spiro atoms. The summed E-state index contributed by atoms with van der Waals surface area (Å²) in [7, 11) is 0. The number of ether oxygens (including phenoxy) is 1. The Morgan fingerprint density at radius 3 is 2.95 bits per heavy atom. The molecule has 2 N–H and O–H groups in total. The number of hydrogen-bond acceptors (Lipinski definition) is 7. The van der Waals surface area contributed by atoms with E-state index < -0.39 is 29.6 Å². The molecule has 21 heavy (non-hydrogen) atoms. The molecule has 1 saturated heterocycles. The summed E-state index contributed by atoms with van der Waals surface area (Å²) in [6, 6.07) is 0. The van der Waals surface area contributed by atoms with Gasteiger partial charge in [0.2, 0.25) is 0 Å². The van der Waals surface area contributed by atoms with E-state index in [9.17, 15) is 19.5 Å². The molecule has 0 bridgehead atoms. The van der Waals surface area contributed by atoms with Crippen LogP contribution in [0.25, 0.3) is 0 Å². The summed E-state index contributed by atoms with van der Waals surface area (Å²) in [6.07, 6.45) is 0.0202. The number of nitrogens with zero attached hydrogens (tertiary/aromatic N) is 2. The number of carbonyl (C=O) groups excluding carboxylic acids is 1. The first-order valence-corrected chi connectivity index (χ1v) is 6.25. The molecule has 2 rings (SSSR count). The Morgan fingerprint density at radius 2 is 2.33 bits per heavy atom. The van der Waals surface area contributed by atoms with Crippen molar-refractivity contribution < 1.29 is 19.5 Å². The predicted octanol–water partition coefficient (Wildman–Crippen LogP) is -0.956. The minimum absolute atomic E-state index is 0.157. The van der Waals surface area contributed by atoms with Gasteiger partial charge in [0, 0.05) is 25.1 Å². The van der Waals surface area contributed by atoms with Crippen LogP contribution in [-0.2, 0) is 14.4 Å². The number of rotatable bonds is 3. The standard InChI is InChI=1S/C12H15N3O6/c1-6-4-15(12(19)13-11(6)18)10-3-8(9(5-16)20-10)14-21-7(2)17/h4,9-10,16H,3,5H2,1-2H3,(H,13,18,19)/t9-,10-/m1/s1. The minimum Gasteiger partial charge on any atom is -0.393 e. The highest BCUT2D eigenvalue weighted by Crippen LogP contribution is 2.25. The molecule has 0 saturated carbocycles. The van der Waals surface area contributed by atoms with Crippen molar-refractivity contribution in [3.05, 3.63) is 32.6 Å². The lowest BCUT2D eigenvalue weighted by molar-refractivity contribution is -0.141. The van der Waals surface area contributed by atoms with Gasteiger partial charge in [-0.15, -0.1) is 0 Å². The lowest BCUT2D eigenvalue weighted by Gasteiger charge is -2.14. The molecule has 1 aromatic rings. The van der Waals surface area contributed by atoms with E-state index in [4.69, 9.17) is 4.74 Å². The van der Waals surface area contributed by atoms with Crippen molar-refractivity contribution in [2.75, 3.05) is 6.61 Å². The van der Waals surface area contributed by atoms with E-state index in [-0.39, 0.29) is 13.0 Å². The van der Waals surface area contributed by atoms with Crippen LogP contribution in [0.1, 0.15) is 25.1 Å². The number of nitrogens with one attached hydrogen (secondary N) is 1. The fraction of sp³-hybridized carbons (Fsp3) is 0.500. The highest BCUT2D eigenvalue weighted by atomic mass is 16.7. The Kier molecular flexibility index (Phi) is 4.34. The molecule has 0 radical (unpaired) electrons. The Hall–Kier alpha value is -2.26. The van der Waals surface area contributed by atoms with Gasteiger partial charge in [0.15, 0.2) is 0 Å². The topological polar surface area (TPSA) is 123 Å². The molecular formula is C12H15N3O6. The van der Waals surface area contributed by atoms with E-state index in [2.05, 4.69) is 15.0 Å². The SMILES string of the molecule is CC(=O)ON=C1C[C@H](n2cc(C)c(=O)[nH]c2=O)O[C@@H]1CO. The van der Waals surface area contributed by atoms with Crippen LogP contribution in [0.15, 0.2) is 20.9 Å². The summed E-state index contributed by atoms with van der Waals surface area (Å²) in [6.45, 7) is 2.38. The Morgan fingerprint density at radius 1 is 1.62 bits per heavy atom. The quantitative estimate of drug-likeness (QED) is 0.547. The van der Waals surface area contributed by atoms with E-state index in [1.165, 1.54) is 17.7 Å². The zero-order valence-electron chi connectivity index (χ0n) is 11.5. The van der Waals surface area contributed by atoms with Gasteiger partial charge in [0.1, 0.15) is 12.3 Å². The summed E-state index contributed by atoms with van der Waals surface area (Å²) < 4.78 is 6.69. The minimum atomic E-state index is -0.770. The summed E-state index contributed by atoms with van der Waals surface area (Å²) in [5, 5.41) is 12.9. The van der Waals surface area contributed by atoms with Crippen molar-refractivity contribution in [3.8, 4) is 0 Å². The second-order valence-electron chi connectivity index (χ2n) is 4.61. The van der Waals surface area contributed by atoms with Crippen molar-refractivity contribution in [1.29, 1.82) is 0 Å². The molecule has 1 aromatic heterocycles. The molecule has 1 fully saturated rings. The van der Waals surface area contributed by atoms with Gasteiger partial charge < -0.3 is 14.7 Å². The van der Waals surface area contributed by atoms with Crippen LogP contribution < -0.4 is 11.2 Å². The van der Waals surface area contributed by atoms with Gasteiger partial charge in [-0.3, -0.25) is 14.3 Å². The molecule has 9 nitrogen and oxygen atoms in total. The van der Waals surface area contributed by atoms with Gasteiger partial charge in [0.05, 0.1) is 12.3 Å². The fourth-order valence-electron chi connectivity index (χ4n) is 1.96. The van der Waals surface area contributed by atoms with E-state index in [1.54, 1.807) is 6.92 Å². The second-order valence-corrected chi connectivity index (χ2v) is 4.61. The van der Waals surface area contributed by atoms with Crippen LogP contribution in [0.4, 0.5) is 0 Å². The number of aliphatic hydroxyl groups excluding tert-OH is 1. The third-order valence-corrected chi connectivity index (χ3v) is 2.99. The highest BCUT2D eigenvalue weighted by Gasteiger charge is 2.33. The van der Waals surface area contributed by atoms with E-state index in [0.717, 1.165) is 0 Å². The van der Waals surface area contributed by atoms with Gasteiger partial charge in [-0.1, -0.05) is 5.16 Å². The average molecular weight is 297 g/mol. The molecule has 114 valence electrons. The third kappa shape index (κ3) is 3.26. The third-order valence-electron chi connectivity index (χ3n) is 2.99. The van der Waals surface area contributed by atoms with Crippen LogP contribution in [0.2, 0.25) is 0 Å². The number of aromatic nitrogens is 2. The summed E-state index contributed by atoms with van der Waals surface area (Å²) in [4.78, 5) is 40.6.